The fraction of sp³-hybridized carbons (Fsp3) is 0.833. The van der Waals surface area contributed by atoms with Gasteiger partial charge in [0.05, 0.1) is 0 Å². The maximum Gasteiger partial charge on any atom is 0.228 e. The molecule has 0 spiro atoms. The Kier molecular flexibility index (Phi) is 6.15. The molecule has 0 aromatic carbocycles. The Morgan fingerprint density at radius 1 is 1.35 bits per heavy atom. The lowest BCUT2D eigenvalue weighted by Gasteiger charge is -2.11. The van der Waals surface area contributed by atoms with E-state index in [1.165, 1.54) is 0 Å². The van der Waals surface area contributed by atoms with Crippen LogP contribution in [0.25, 0.3) is 0 Å². The zero-order chi connectivity index (χ0) is 12.7. The number of nitrogens with two attached hydrogens (primary N) is 1. The quantitative estimate of drug-likeness (QED) is 0.755. The van der Waals surface area contributed by atoms with Crippen LogP contribution in [0.4, 0.5) is 0 Å². The molecule has 0 aliphatic heterocycles. The molecule has 0 bridgehead atoms. The summed E-state index contributed by atoms with van der Waals surface area (Å²) >= 11 is 0. The van der Waals surface area contributed by atoms with E-state index >= 15 is 0 Å². The molecule has 5 heteroatoms. The Morgan fingerprint density at radius 2 is 2.12 bits per heavy atom. The average Bonchev–Trinajstić information content (AvgIpc) is 2.77. The molecule has 1 heterocycles. The van der Waals surface area contributed by atoms with Crippen molar-refractivity contribution >= 4 is 0 Å². The molecule has 2 unspecified atom stereocenters. The van der Waals surface area contributed by atoms with Crippen molar-refractivity contribution in [2.45, 2.75) is 58.6 Å². The first-order valence-electron chi connectivity index (χ1n) is 6.40. The van der Waals surface area contributed by atoms with Crippen LogP contribution in [0.5, 0.6) is 0 Å². The predicted molar refractivity (Wildman–Crippen MR) is 65.5 cm³/mol. The number of rotatable bonds is 8. The standard InChI is InChI=1S/C12H23N3O2/c1-4-7-10(16-6-3)12-14-11(17-15-12)8-9(13)5-2/h9-10H,4-8,13H2,1-3H3. The van der Waals surface area contributed by atoms with E-state index in [1.807, 2.05) is 13.8 Å². The fourth-order valence-electron chi connectivity index (χ4n) is 1.60. The van der Waals surface area contributed by atoms with Crippen LogP contribution in [0.1, 0.15) is 57.9 Å². The first kappa shape index (κ1) is 14.1. The lowest BCUT2D eigenvalue weighted by atomic mass is 10.1. The van der Waals surface area contributed by atoms with Gasteiger partial charge in [0.25, 0.3) is 0 Å². The SMILES string of the molecule is CCCC(OCC)c1noc(CC(N)CC)n1. The van der Waals surface area contributed by atoms with E-state index in [0.29, 0.717) is 24.7 Å². The van der Waals surface area contributed by atoms with E-state index in [0.717, 1.165) is 19.3 Å². The van der Waals surface area contributed by atoms with Crippen LogP contribution in [-0.4, -0.2) is 22.8 Å². The Morgan fingerprint density at radius 3 is 2.71 bits per heavy atom. The van der Waals surface area contributed by atoms with E-state index in [1.54, 1.807) is 0 Å². The van der Waals surface area contributed by atoms with Gasteiger partial charge in [0.15, 0.2) is 0 Å². The Balaban J connectivity index is 2.63. The highest BCUT2D eigenvalue weighted by Crippen LogP contribution is 2.20. The summed E-state index contributed by atoms with van der Waals surface area (Å²) in [4.78, 5) is 4.35. The van der Waals surface area contributed by atoms with Crippen molar-refractivity contribution in [3.05, 3.63) is 11.7 Å². The van der Waals surface area contributed by atoms with E-state index in [2.05, 4.69) is 17.1 Å². The van der Waals surface area contributed by atoms with Crippen molar-refractivity contribution in [2.75, 3.05) is 6.61 Å². The first-order valence-corrected chi connectivity index (χ1v) is 6.40. The maximum atomic E-state index is 5.85. The van der Waals surface area contributed by atoms with Crippen LogP contribution >= 0.6 is 0 Å². The summed E-state index contributed by atoms with van der Waals surface area (Å²) in [6.45, 7) is 6.78. The van der Waals surface area contributed by atoms with Crippen LogP contribution in [0.3, 0.4) is 0 Å². The van der Waals surface area contributed by atoms with Gasteiger partial charge in [0.1, 0.15) is 6.10 Å². The normalized spacial score (nSPS) is 14.8. The van der Waals surface area contributed by atoms with Crippen LogP contribution in [0.15, 0.2) is 4.52 Å². The molecular formula is C12H23N3O2. The summed E-state index contributed by atoms with van der Waals surface area (Å²) in [6.07, 6.45) is 3.42. The molecule has 2 atom stereocenters. The number of hydrogen-bond acceptors (Lipinski definition) is 5. The van der Waals surface area contributed by atoms with Gasteiger partial charge in [-0.15, -0.1) is 0 Å². The molecule has 0 amide bonds. The molecule has 0 aliphatic carbocycles. The average molecular weight is 241 g/mol. The summed E-state index contributed by atoms with van der Waals surface area (Å²) in [5.41, 5.74) is 5.85. The second-order valence-electron chi connectivity index (χ2n) is 4.15. The second kappa shape index (κ2) is 7.40. The molecular weight excluding hydrogens is 218 g/mol. The van der Waals surface area contributed by atoms with Crippen molar-refractivity contribution in [3.8, 4) is 0 Å². The molecule has 0 radical (unpaired) electrons. The highest BCUT2D eigenvalue weighted by molar-refractivity contribution is 4.93. The zero-order valence-corrected chi connectivity index (χ0v) is 11.0. The van der Waals surface area contributed by atoms with Gasteiger partial charge < -0.3 is 15.0 Å². The van der Waals surface area contributed by atoms with Crippen molar-refractivity contribution in [2.24, 2.45) is 5.73 Å². The monoisotopic (exact) mass is 241 g/mol. The van der Waals surface area contributed by atoms with Crippen LogP contribution in [-0.2, 0) is 11.2 Å². The van der Waals surface area contributed by atoms with E-state index in [-0.39, 0.29) is 12.1 Å². The zero-order valence-electron chi connectivity index (χ0n) is 11.0. The fourth-order valence-corrected chi connectivity index (χ4v) is 1.60. The van der Waals surface area contributed by atoms with Gasteiger partial charge in [-0.05, 0) is 19.8 Å². The van der Waals surface area contributed by atoms with Crippen molar-refractivity contribution in [1.29, 1.82) is 0 Å². The third-order valence-electron chi connectivity index (χ3n) is 2.65. The van der Waals surface area contributed by atoms with Gasteiger partial charge in [-0.1, -0.05) is 25.4 Å². The Bertz CT molecular complexity index is 308. The number of hydrogen-bond donors (Lipinski definition) is 1. The summed E-state index contributed by atoms with van der Waals surface area (Å²) in [7, 11) is 0. The minimum Gasteiger partial charge on any atom is -0.370 e. The maximum absolute atomic E-state index is 5.85. The van der Waals surface area contributed by atoms with Gasteiger partial charge in [0.2, 0.25) is 11.7 Å². The molecule has 0 saturated heterocycles. The molecule has 1 rings (SSSR count). The van der Waals surface area contributed by atoms with Gasteiger partial charge in [-0.2, -0.15) is 4.98 Å². The largest absolute Gasteiger partial charge is 0.370 e. The minimum absolute atomic E-state index is 0.0552. The summed E-state index contributed by atoms with van der Waals surface area (Å²) in [6, 6.07) is 0.0834. The molecule has 98 valence electrons. The third-order valence-corrected chi connectivity index (χ3v) is 2.65. The molecule has 0 aliphatic rings. The van der Waals surface area contributed by atoms with Crippen molar-refractivity contribution in [3.63, 3.8) is 0 Å². The molecule has 1 aromatic heterocycles. The van der Waals surface area contributed by atoms with Crippen molar-refractivity contribution in [1.82, 2.24) is 10.1 Å². The van der Waals surface area contributed by atoms with Crippen molar-refractivity contribution < 1.29 is 9.26 Å². The summed E-state index contributed by atoms with van der Waals surface area (Å²) < 4.78 is 10.8. The molecule has 5 nitrogen and oxygen atoms in total. The second-order valence-corrected chi connectivity index (χ2v) is 4.15. The molecule has 0 fully saturated rings. The smallest absolute Gasteiger partial charge is 0.228 e. The lowest BCUT2D eigenvalue weighted by molar-refractivity contribution is 0.0478. The summed E-state index contributed by atoms with van der Waals surface area (Å²) in [5.74, 6) is 1.25. The molecule has 17 heavy (non-hydrogen) atoms. The topological polar surface area (TPSA) is 74.2 Å². The Hall–Kier alpha value is -0.940. The van der Waals surface area contributed by atoms with E-state index in [4.69, 9.17) is 15.0 Å². The number of aromatic nitrogens is 2. The molecule has 0 saturated carbocycles. The first-order chi connectivity index (χ1) is 8.21. The highest BCUT2D eigenvalue weighted by Gasteiger charge is 2.18. The van der Waals surface area contributed by atoms with Crippen LogP contribution in [0.2, 0.25) is 0 Å². The van der Waals surface area contributed by atoms with E-state index in [9.17, 15) is 0 Å². The predicted octanol–water partition coefficient (Wildman–Crippen LogP) is 2.23. The number of ether oxygens (including phenoxy) is 1. The van der Waals surface area contributed by atoms with Gasteiger partial charge in [-0.3, -0.25) is 0 Å². The van der Waals surface area contributed by atoms with Crippen LogP contribution in [0, 0.1) is 0 Å². The highest BCUT2D eigenvalue weighted by atomic mass is 16.5. The van der Waals surface area contributed by atoms with Gasteiger partial charge in [0, 0.05) is 19.1 Å². The molecule has 2 N–H and O–H groups in total. The number of nitrogens with zero attached hydrogens (tertiary/aromatic N) is 2. The van der Waals surface area contributed by atoms with E-state index < -0.39 is 0 Å². The van der Waals surface area contributed by atoms with Crippen LogP contribution < -0.4 is 5.73 Å². The minimum atomic E-state index is -0.0552. The van der Waals surface area contributed by atoms with Gasteiger partial charge >= 0.3 is 0 Å². The third kappa shape index (κ3) is 4.44. The molecule has 1 aromatic rings. The Labute approximate surface area is 103 Å². The lowest BCUT2D eigenvalue weighted by Crippen LogP contribution is -2.21. The summed E-state index contributed by atoms with van der Waals surface area (Å²) in [5, 5.41) is 3.97. The van der Waals surface area contributed by atoms with Gasteiger partial charge in [-0.25, -0.2) is 0 Å².